The summed E-state index contributed by atoms with van der Waals surface area (Å²) in [5.41, 5.74) is 5.48. The van der Waals surface area contributed by atoms with E-state index >= 15 is 0 Å². The van der Waals surface area contributed by atoms with Gasteiger partial charge >= 0.3 is 0 Å². The highest BCUT2D eigenvalue weighted by molar-refractivity contribution is 6.06. The van der Waals surface area contributed by atoms with Gasteiger partial charge in [0.1, 0.15) is 11.2 Å². The van der Waals surface area contributed by atoms with E-state index in [9.17, 15) is 0 Å². The normalized spacial score (nSPS) is 16.8. The fraction of sp³-hybridized carbons (Fsp3) is 0.0833. The minimum absolute atomic E-state index is 0.334. The van der Waals surface area contributed by atoms with Gasteiger partial charge in [0.2, 0.25) is 0 Å². The first kappa shape index (κ1) is 15.0. The van der Waals surface area contributed by atoms with Crippen LogP contribution in [0.3, 0.4) is 0 Å². The number of allylic oxidation sites excluding steroid dienone is 3. The van der Waals surface area contributed by atoms with Crippen LogP contribution < -0.4 is 5.32 Å². The highest BCUT2D eigenvalue weighted by Gasteiger charge is 2.17. The third kappa shape index (κ3) is 2.60. The van der Waals surface area contributed by atoms with Gasteiger partial charge in [-0.25, -0.2) is 0 Å². The number of rotatable bonds is 3. The zero-order valence-corrected chi connectivity index (χ0v) is 14.4. The summed E-state index contributed by atoms with van der Waals surface area (Å²) in [6.07, 6.45) is 7.66. The lowest BCUT2D eigenvalue weighted by molar-refractivity contribution is 0.657. The molecule has 126 valence electrons. The van der Waals surface area contributed by atoms with E-state index in [1.54, 1.807) is 0 Å². The molecule has 4 aromatic rings. The van der Waals surface area contributed by atoms with Gasteiger partial charge in [0.15, 0.2) is 0 Å². The first-order valence-corrected chi connectivity index (χ1v) is 8.99. The summed E-state index contributed by atoms with van der Waals surface area (Å²) in [4.78, 5) is 0. The fourth-order valence-corrected chi connectivity index (χ4v) is 3.69. The van der Waals surface area contributed by atoms with E-state index in [0.717, 1.165) is 29.0 Å². The Balaban J connectivity index is 1.46. The van der Waals surface area contributed by atoms with Crippen LogP contribution in [0.1, 0.15) is 17.9 Å². The summed E-state index contributed by atoms with van der Waals surface area (Å²) in [6.45, 7) is 0. The summed E-state index contributed by atoms with van der Waals surface area (Å²) in [5, 5.41) is 5.85. The maximum atomic E-state index is 6.19. The fourth-order valence-electron chi connectivity index (χ4n) is 3.69. The Kier molecular flexibility index (Phi) is 3.60. The predicted octanol–water partition coefficient (Wildman–Crippen LogP) is 6.63. The van der Waals surface area contributed by atoms with Gasteiger partial charge in [0.25, 0.3) is 0 Å². The zero-order valence-electron chi connectivity index (χ0n) is 14.4. The molecule has 0 saturated heterocycles. The second-order valence-corrected chi connectivity index (χ2v) is 6.67. The van der Waals surface area contributed by atoms with Crippen molar-refractivity contribution in [2.45, 2.75) is 12.3 Å². The SMILES string of the molecule is C1=CC(c2cccc3c2oc2ccccc23)CC=C1Nc1ccccc1. The van der Waals surface area contributed by atoms with Crippen molar-refractivity contribution in [3.63, 3.8) is 0 Å². The van der Waals surface area contributed by atoms with Crippen LogP contribution in [0, 0.1) is 0 Å². The highest BCUT2D eigenvalue weighted by Crippen LogP contribution is 2.36. The van der Waals surface area contributed by atoms with Crippen LogP contribution in [0.25, 0.3) is 21.9 Å². The van der Waals surface area contributed by atoms with Crippen LogP contribution in [-0.4, -0.2) is 0 Å². The Morgan fingerprint density at radius 3 is 2.46 bits per heavy atom. The van der Waals surface area contributed by atoms with Crippen molar-refractivity contribution in [2.75, 3.05) is 5.32 Å². The number of anilines is 1. The van der Waals surface area contributed by atoms with Crippen molar-refractivity contribution in [3.8, 4) is 0 Å². The lowest BCUT2D eigenvalue weighted by Gasteiger charge is -2.18. The zero-order chi connectivity index (χ0) is 17.3. The number of fused-ring (bicyclic) bond motifs is 3. The molecule has 0 aliphatic heterocycles. The molecule has 3 aromatic carbocycles. The molecule has 26 heavy (non-hydrogen) atoms. The van der Waals surface area contributed by atoms with Crippen LogP contribution in [0.15, 0.2) is 101 Å². The number of benzene rings is 3. The maximum Gasteiger partial charge on any atom is 0.139 e. The Morgan fingerprint density at radius 1 is 0.808 bits per heavy atom. The van der Waals surface area contributed by atoms with Crippen LogP contribution >= 0.6 is 0 Å². The molecule has 0 saturated carbocycles. The van der Waals surface area contributed by atoms with E-state index in [1.165, 1.54) is 16.3 Å². The minimum atomic E-state index is 0.334. The quantitative estimate of drug-likeness (QED) is 0.454. The molecule has 5 rings (SSSR count). The first-order valence-electron chi connectivity index (χ1n) is 8.99. The average Bonchev–Trinajstić information content (AvgIpc) is 3.08. The lowest BCUT2D eigenvalue weighted by atomic mass is 9.90. The molecule has 0 fully saturated rings. The van der Waals surface area contributed by atoms with Crippen molar-refractivity contribution in [1.29, 1.82) is 0 Å². The van der Waals surface area contributed by atoms with Crippen LogP contribution in [-0.2, 0) is 0 Å². The molecule has 0 bridgehead atoms. The number of nitrogens with one attached hydrogen (secondary N) is 1. The Bertz CT molecular complexity index is 1130. The number of furan rings is 1. The second kappa shape index (κ2) is 6.23. The molecule has 0 radical (unpaired) electrons. The minimum Gasteiger partial charge on any atom is -0.456 e. The van der Waals surface area contributed by atoms with Gasteiger partial charge in [0, 0.05) is 33.6 Å². The maximum absolute atomic E-state index is 6.19. The molecule has 1 N–H and O–H groups in total. The van der Waals surface area contributed by atoms with Gasteiger partial charge in [0.05, 0.1) is 0 Å². The Morgan fingerprint density at radius 2 is 1.62 bits per heavy atom. The average molecular weight is 337 g/mol. The molecular weight excluding hydrogens is 318 g/mol. The van der Waals surface area contributed by atoms with E-state index in [0.29, 0.717) is 5.92 Å². The second-order valence-electron chi connectivity index (χ2n) is 6.67. The van der Waals surface area contributed by atoms with E-state index in [1.807, 2.05) is 30.3 Å². The van der Waals surface area contributed by atoms with Crippen molar-refractivity contribution in [2.24, 2.45) is 0 Å². The van der Waals surface area contributed by atoms with E-state index in [4.69, 9.17) is 4.42 Å². The van der Waals surface area contributed by atoms with Gasteiger partial charge in [-0.2, -0.15) is 0 Å². The van der Waals surface area contributed by atoms with E-state index in [2.05, 4.69) is 66.0 Å². The Labute approximate surface area is 152 Å². The van der Waals surface area contributed by atoms with Gasteiger partial charge in [-0.3, -0.25) is 0 Å². The van der Waals surface area contributed by atoms with Gasteiger partial charge in [-0.1, -0.05) is 66.7 Å². The predicted molar refractivity (Wildman–Crippen MR) is 108 cm³/mol. The molecule has 1 unspecified atom stereocenters. The molecule has 1 heterocycles. The van der Waals surface area contributed by atoms with Gasteiger partial charge in [-0.05, 0) is 30.7 Å². The third-order valence-corrected chi connectivity index (χ3v) is 5.00. The standard InChI is InChI=1S/C24H19NO/c1-2-7-18(8-3-1)25-19-15-13-17(14-16-19)20-10-6-11-22-21-9-4-5-12-23(21)26-24(20)22/h1-13,15-17,25H,14H2. The van der Waals surface area contributed by atoms with Crippen molar-refractivity contribution >= 4 is 27.6 Å². The highest BCUT2D eigenvalue weighted by atomic mass is 16.3. The van der Waals surface area contributed by atoms with Crippen molar-refractivity contribution in [1.82, 2.24) is 0 Å². The van der Waals surface area contributed by atoms with Crippen LogP contribution in [0.4, 0.5) is 5.69 Å². The van der Waals surface area contributed by atoms with Crippen LogP contribution in [0.5, 0.6) is 0 Å². The molecule has 1 atom stereocenters. The summed E-state index contributed by atoms with van der Waals surface area (Å²) >= 11 is 0. The molecule has 2 nitrogen and oxygen atoms in total. The van der Waals surface area contributed by atoms with Gasteiger partial charge in [-0.15, -0.1) is 0 Å². The largest absolute Gasteiger partial charge is 0.456 e. The number of hydrogen-bond donors (Lipinski definition) is 1. The summed E-state index contributed by atoms with van der Waals surface area (Å²) < 4.78 is 6.19. The van der Waals surface area contributed by atoms with E-state index in [-0.39, 0.29) is 0 Å². The number of para-hydroxylation sites is 3. The molecular formula is C24H19NO. The topological polar surface area (TPSA) is 25.2 Å². The van der Waals surface area contributed by atoms with Gasteiger partial charge < -0.3 is 9.73 Å². The molecule has 2 heteroatoms. The summed E-state index contributed by atoms with van der Waals surface area (Å²) in [6, 6.07) is 25.0. The lowest BCUT2D eigenvalue weighted by Crippen LogP contribution is -2.04. The van der Waals surface area contributed by atoms with Crippen molar-refractivity contribution in [3.05, 3.63) is 102 Å². The first-order chi connectivity index (χ1) is 12.9. The number of hydrogen-bond acceptors (Lipinski definition) is 2. The van der Waals surface area contributed by atoms with Crippen LogP contribution in [0.2, 0.25) is 0 Å². The molecule has 1 aliphatic rings. The molecule has 1 aliphatic carbocycles. The molecule has 1 aromatic heterocycles. The third-order valence-electron chi connectivity index (χ3n) is 5.00. The smallest absolute Gasteiger partial charge is 0.139 e. The summed E-state index contributed by atoms with van der Waals surface area (Å²) in [5.74, 6) is 0.334. The molecule has 0 amide bonds. The van der Waals surface area contributed by atoms with E-state index < -0.39 is 0 Å². The summed E-state index contributed by atoms with van der Waals surface area (Å²) in [7, 11) is 0. The monoisotopic (exact) mass is 337 g/mol. The van der Waals surface area contributed by atoms with Crippen molar-refractivity contribution < 1.29 is 4.42 Å². The Hall–Kier alpha value is -3.26. The molecule has 0 spiro atoms.